The Hall–Kier alpha value is -1.31. The van der Waals surface area contributed by atoms with Crippen molar-refractivity contribution in [3.63, 3.8) is 0 Å². The van der Waals surface area contributed by atoms with Gasteiger partial charge in [-0.25, -0.2) is 0 Å². The molecule has 1 aromatic carbocycles. The van der Waals surface area contributed by atoms with Crippen LogP contribution in [-0.2, 0) is 9.53 Å². The van der Waals surface area contributed by atoms with Crippen molar-refractivity contribution in [2.75, 3.05) is 6.61 Å². The maximum Gasteiger partial charge on any atom is 0.312 e. The summed E-state index contributed by atoms with van der Waals surface area (Å²) >= 11 is 0. The first kappa shape index (κ1) is 12.2. The predicted octanol–water partition coefficient (Wildman–Crippen LogP) is 3.52. The van der Waals surface area contributed by atoms with E-state index in [9.17, 15) is 4.79 Å². The van der Waals surface area contributed by atoms with Gasteiger partial charge in [0.05, 0.1) is 12.0 Å². The van der Waals surface area contributed by atoms with Crippen molar-refractivity contribution >= 4 is 5.97 Å². The van der Waals surface area contributed by atoms with Gasteiger partial charge in [-0.2, -0.15) is 0 Å². The monoisotopic (exact) mass is 232 g/mol. The van der Waals surface area contributed by atoms with E-state index in [1.54, 1.807) is 0 Å². The van der Waals surface area contributed by atoms with Gasteiger partial charge in [0.25, 0.3) is 0 Å². The molecule has 0 amide bonds. The van der Waals surface area contributed by atoms with Crippen molar-refractivity contribution in [2.45, 2.75) is 39.0 Å². The molecule has 2 atom stereocenters. The molecule has 2 heteroatoms. The predicted molar refractivity (Wildman–Crippen MR) is 67.8 cm³/mol. The van der Waals surface area contributed by atoms with Crippen LogP contribution in [0.5, 0.6) is 0 Å². The smallest absolute Gasteiger partial charge is 0.312 e. The molecule has 0 radical (unpaired) electrons. The maximum absolute atomic E-state index is 12.1. The minimum atomic E-state index is -0.230. The highest BCUT2D eigenvalue weighted by molar-refractivity contribution is 5.82. The van der Waals surface area contributed by atoms with Gasteiger partial charge in [-0.05, 0) is 25.3 Å². The summed E-state index contributed by atoms with van der Waals surface area (Å²) in [5, 5.41) is 0. The Balaban J connectivity index is 2.15. The average Bonchev–Trinajstić information content (AvgIpc) is 3.07. The second-order valence-electron chi connectivity index (χ2n) is 4.79. The third-order valence-corrected chi connectivity index (χ3v) is 3.66. The van der Waals surface area contributed by atoms with E-state index in [1.165, 1.54) is 5.56 Å². The van der Waals surface area contributed by atoms with E-state index in [-0.39, 0.29) is 11.4 Å². The minimum absolute atomic E-state index is 0.00398. The average molecular weight is 232 g/mol. The number of esters is 1. The second-order valence-corrected chi connectivity index (χ2v) is 4.79. The van der Waals surface area contributed by atoms with Gasteiger partial charge in [0.15, 0.2) is 0 Å². The number of benzene rings is 1. The first-order chi connectivity index (χ1) is 8.24. The molecule has 0 bridgehead atoms. The van der Waals surface area contributed by atoms with Crippen molar-refractivity contribution in [1.29, 1.82) is 0 Å². The van der Waals surface area contributed by atoms with Gasteiger partial charge < -0.3 is 4.74 Å². The lowest BCUT2D eigenvalue weighted by Crippen LogP contribution is -2.20. The molecular weight excluding hydrogens is 212 g/mol. The van der Waals surface area contributed by atoms with Gasteiger partial charge in [0, 0.05) is 5.92 Å². The molecule has 0 unspecified atom stereocenters. The molecule has 0 aliphatic heterocycles. The van der Waals surface area contributed by atoms with Crippen LogP contribution in [-0.4, -0.2) is 12.6 Å². The van der Waals surface area contributed by atoms with E-state index in [2.05, 4.69) is 19.1 Å². The number of carbonyl (C=O) groups is 1. The number of ether oxygens (including phenoxy) is 1. The largest absolute Gasteiger partial charge is 0.466 e. The summed E-state index contributed by atoms with van der Waals surface area (Å²) in [4.78, 5) is 12.1. The van der Waals surface area contributed by atoms with Crippen LogP contribution in [0.15, 0.2) is 30.3 Å². The van der Waals surface area contributed by atoms with Gasteiger partial charge in [-0.1, -0.05) is 43.7 Å². The van der Waals surface area contributed by atoms with Crippen LogP contribution in [0.25, 0.3) is 0 Å². The summed E-state index contributed by atoms with van der Waals surface area (Å²) in [5.74, 6) is 0.360. The Morgan fingerprint density at radius 2 is 2.06 bits per heavy atom. The topological polar surface area (TPSA) is 26.3 Å². The first-order valence-electron chi connectivity index (χ1n) is 6.46. The molecule has 17 heavy (non-hydrogen) atoms. The molecule has 1 fully saturated rings. The Bertz CT molecular complexity index is 385. The molecule has 2 nitrogen and oxygen atoms in total. The van der Waals surface area contributed by atoms with E-state index in [4.69, 9.17) is 4.74 Å². The minimum Gasteiger partial charge on any atom is -0.466 e. The Labute approximate surface area is 103 Å². The van der Waals surface area contributed by atoms with Crippen LogP contribution < -0.4 is 0 Å². The zero-order valence-corrected chi connectivity index (χ0v) is 10.6. The molecule has 92 valence electrons. The Morgan fingerprint density at radius 1 is 1.35 bits per heavy atom. The molecule has 1 aromatic rings. The van der Waals surface area contributed by atoms with E-state index in [1.807, 2.05) is 25.1 Å². The third kappa shape index (κ3) is 2.21. The zero-order valence-electron chi connectivity index (χ0n) is 10.6. The van der Waals surface area contributed by atoms with Crippen LogP contribution in [0.4, 0.5) is 0 Å². The summed E-state index contributed by atoms with van der Waals surface area (Å²) in [6.45, 7) is 4.48. The Kier molecular flexibility index (Phi) is 3.51. The highest BCUT2D eigenvalue weighted by atomic mass is 16.5. The summed E-state index contributed by atoms with van der Waals surface area (Å²) in [6.07, 6.45) is 2.91. The maximum atomic E-state index is 12.1. The number of hydrogen-bond acceptors (Lipinski definition) is 2. The fraction of sp³-hybridized carbons (Fsp3) is 0.533. The lowest BCUT2D eigenvalue weighted by atomic mass is 9.94. The van der Waals surface area contributed by atoms with Gasteiger partial charge in [-0.15, -0.1) is 0 Å². The standard InChI is InChI=1S/C15H20O2/c1-3-10-15(14(16)17-4-2)11-13(15)12-8-6-5-7-9-12/h5-9,13H,3-4,10-11H2,1-2H3/t13-,15+/m1/s1. The number of carbonyl (C=O) groups excluding carboxylic acids is 1. The molecule has 0 spiro atoms. The van der Waals surface area contributed by atoms with Crippen molar-refractivity contribution in [3.8, 4) is 0 Å². The molecule has 0 aromatic heterocycles. The number of hydrogen-bond donors (Lipinski definition) is 0. The fourth-order valence-electron chi connectivity index (χ4n) is 2.75. The van der Waals surface area contributed by atoms with Gasteiger partial charge in [0.1, 0.15) is 0 Å². The molecule has 2 rings (SSSR count). The van der Waals surface area contributed by atoms with Crippen molar-refractivity contribution in [3.05, 3.63) is 35.9 Å². The Morgan fingerprint density at radius 3 is 2.65 bits per heavy atom. The van der Waals surface area contributed by atoms with Gasteiger partial charge >= 0.3 is 5.97 Å². The fourth-order valence-corrected chi connectivity index (χ4v) is 2.75. The molecule has 1 aliphatic rings. The summed E-state index contributed by atoms with van der Waals surface area (Å²) in [7, 11) is 0. The van der Waals surface area contributed by atoms with Crippen LogP contribution in [0.1, 0.15) is 44.6 Å². The summed E-state index contributed by atoms with van der Waals surface area (Å²) in [6, 6.07) is 10.3. The summed E-state index contributed by atoms with van der Waals surface area (Å²) in [5.41, 5.74) is 1.04. The van der Waals surface area contributed by atoms with Crippen molar-refractivity contribution in [2.24, 2.45) is 5.41 Å². The first-order valence-corrected chi connectivity index (χ1v) is 6.46. The summed E-state index contributed by atoms with van der Waals surface area (Å²) < 4.78 is 5.23. The van der Waals surface area contributed by atoms with Gasteiger partial charge in [0.2, 0.25) is 0 Å². The van der Waals surface area contributed by atoms with Crippen LogP contribution in [0, 0.1) is 5.41 Å². The van der Waals surface area contributed by atoms with E-state index < -0.39 is 0 Å². The molecule has 0 heterocycles. The van der Waals surface area contributed by atoms with E-state index in [0.717, 1.165) is 19.3 Å². The quantitative estimate of drug-likeness (QED) is 0.726. The van der Waals surface area contributed by atoms with Crippen molar-refractivity contribution < 1.29 is 9.53 Å². The van der Waals surface area contributed by atoms with Crippen LogP contribution in [0.2, 0.25) is 0 Å². The van der Waals surface area contributed by atoms with Crippen LogP contribution >= 0.6 is 0 Å². The van der Waals surface area contributed by atoms with E-state index >= 15 is 0 Å². The lowest BCUT2D eigenvalue weighted by molar-refractivity contribution is -0.150. The molecule has 1 saturated carbocycles. The molecule has 0 saturated heterocycles. The second kappa shape index (κ2) is 4.91. The van der Waals surface area contributed by atoms with Gasteiger partial charge in [-0.3, -0.25) is 4.79 Å². The normalized spacial score (nSPS) is 26.6. The van der Waals surface area contributed by atoms with Crippen molar-refractivity contribution in [1.82, 2.24) is 0 Å². The van der Waals surface area contributed by atoms with E-state index in [0.29, 0.717) is 12.5 Å². The third-order valence-electron chi connectivity index (χ3n) is 3.66. The highest BCUT2D eigenvalue weighted by Crippen LogP contribution is 2.62. The molecular formula is C15H20O2. The zero-order chi connectivity index (χ0) is 12.3. The molecule has 1 aliphatic carbocycles. The SMILES string of the molecule is CCC[C@]1(C(=O)OCC)C[C@@H]1c1ccccc1. The highest BCUT2D eigenvalue weighted by Gasteiger charge is 2.60. The lowest BCUT2D eigenvalue weighted by Gasteiger charge is -2.15. The van der Waals surface area contributed by atoms with Crippen LogP contribution in [0.3, 0.4) is 0 Å². The number of rotatable bonds is 5. The molecule has 0 N–H and O–H groups in total.